The first-order valence-corrected chi connectivity index (χ1v) is 7.59. The first-order chi connectivity index (χ1) is 9.72. The number of aromatic nitrogens is 1. The molecule has 1 atom stereocenters. The third-order valence-corrected chi connectivity index (χ3v) is 4.15. The Morgan fingerprint density at radius 2 is 2.25 bits per heavy atom. The minimum atomic E-state index is 0.417. The van der Waals surface area contributed by atoms with Gasteiger partial charge in [-0.1, -0.05) is 11.6 Å². The van der Waals surface area contributed by atoms with Crippen LogP contribution in [0.5, 0.6) is 0 Å². The molecule has 0 saturated carbocycles. The molecule has 0 aliphatic carbocycles. The Morgan fingerprint density at radius 1 is 1.35 bits per heavy atom. The van der Waals surface area contributed by atoms with E-state index in [1.54, 1.807) is 0 Å². The lowest BCUT2D eigenvalue weighted by Gasteiger charge is -2.27. The summed E-state index contributed by atoms with van der Waals surface area (Å²) in [5.41, 5.74) is 3.92. The number of hydrogen-bond acceptors (Lipinski definition) is 2. The van der Waals surface area contributed by atoms with Crippen molar-refractivity contribution in [2.45, 2.75) is 38.8 Å². The number of aromatic amines is 1. The van der Waals surface area contributed by atoms with E-state index in [0.717, 1.165) is 19.7 Å². The van der Waals surface area contributed by atoms with Crippen molar-refractivity contribution < 1.29 is 4.74 Å². The van der Waals surface area contributed by atoms with Crippen molar-refractivity contribution in [2.75, 3.05) is 20.2 Å². The Morgan fingerprint density at radius 3 is 3.05 bits per heavy atom. The molecule has 3 heteroatoms. The second kappa shape index (κ2) is 5.98. The van der Waals surface area contributed by atoms with Gasteiger partial charge in [0, 0.05) is 36.8 Å². The van der Waals surface area contributed by atoms with Crippen LogP contribution >= 0.6 is 0 Å². The lowest BCUT2D eigenvalue weighted by Crippen LogP contribution is -2.33. The first-order valence-electron chi connectivity index (χ1n) is 7.59. The molecule has 1 N–H and O–H groups in total. The Bertz CT molecular complexity index is 569. The number of hydrogen-bond donors (Lipinski definition) is 1. The molecule has 20 heavy (non-hydrogen) atoms. The zero-order valence-electron chi connectivity index (χ0n) is 12.5. The van der Waals surface area contributed by atoms with Gasteiger partial charge < -0.3 is 9.72 Å². The number of rotatable bonds is 4. The van der Waals surface area contributed by atoms with Crippen LogP contribution in [0.1, 0.15) is 30.4 Å². The summed E-state index contributed by atoms with van der Waals surface area (Å²) in [7, 11) is 2.19. The van der Waals surface area contributed by atoms with Crippen molar-refractivity contribution in [3.05, 3.63) is 35.5 Å². The Balaban J connectivity index is 1.67. The van der Waals surface area contributed by atoms with E-state index in [-0.39, 0.29) is 0 Å². The highest BCUT2D eigenvalue weighted by molar-refractivity contribution is 5.83. The molecule has 0 amide bonds. The number of H-pyrrole nitrogens is 1. The number of benzene rings is 1. The number of nitrogens with zero attached hydrogens (tertiary/aromatic N) is 1. The van der Waals surface area contributed by atoms with Gasteiger partial charge >= 0.3 is 0 Å². The van der Waals surface area contributed by atoms with Crippen LogP contribution in [-0.2, 0) is 11.3 Å². The van der Waals surface area contributed by atoms with Crippen molar-refractivity contribution in [1.82, 2.24) is 9.88 Å². The zero-order chi connectivity index (χ0) is 13.9. The fraction of sp³-hybridized carbons (Fsp3) is 0.529. The van der Waals surface area contributed by atoms with E-state index < -0.39 is 0 Å². The number of fused-ring (bicyclic) bond motifs is 1. The molecule has 0 radical (unpaired) electrons. The van der Waals surface area contributed by atoms with Gasteiger partial charge in [-0.15, -0.1) is 0 Å². The van der Waals surface area contributed by atoms with E-state index in [9.17, 15) is 0 Å². The molecule has 3 rings (SSSR count). The van der Waals surface area contributed by atoms with Gasteiger partial charge in [-0.3, -0.25) is 4.90 Å². The molecule has 1 saturated heterocycles. The summed E-state index contributed by atoms with van der Waals surface area (Å²) < 4.78 is 5.82. The molecular weight excluding hydrogens is 248 g/mol. The molecule has 1 aromatic carbocycles. The van der Waals surface area contributed by atoms with Crippen LogP contribution in [0.3, 0.4) is 0 Å². The van der Waals surface area contributed by atoms with Crippen molar-refractivity contribution in [1.29, 1.82) is 0 Å². The molecule has 108 valence electrons. The normalized spacial score (nSPS) is 19.9. The highest BCUT2D eigenvalue weighted by Crippen LogP contribution is 2.21. The molecule has 2 aromatic rings. The Hall–Kier alpha value is -1.32. The fourth-order valence-corrected chi connectivity index (χ4v) is 3.08. The van der Waals surface area contributed by atoms with E-state index in [4.69, 9.17) is 4.74 Å². The first kappa shape index (κ1) is 13.7. The van der Waals surface area contributed by atoms with Gasteiger partial charge in [0.05, 0.1) is 6.10 Å². The molecule has 1 unspecified atom stereocenters. The van der Waals surface area contributed by atoms with Crippen LogP contribution in [0.4, 0.5) is 0 Å². The van der Waals surface area contributed by atoms with Gasteiger partial charge in [-0.2, -0.15) is 0 Å². The summed E-state index contributed by atoms with van der Waals surface area (Å²) in [5.74, 6) is 0. The summed E-state index contributed by atoms with van der Waals surface area (Å²) in [4.78, 5) is 5.74. The fourth-order valence-electron chi connectivity index (χ4n) is 3.08. The summed E-state index contributed by atoms with van der Waals surface area (Å²) >= 11 is 0. The van der Waals surface area contributed by atoms with E-state index in [1.165, 1.54) is 41.3 Å². The molecule has 1 aliphatic rings. The topological polar surface area (TPSA) is 28.3 Å². The average Bonchev–Trinajstić information content (AvgIpc) is 2.82. The average molecular weight is 272 g/mol. The smallest absolute Gasteiger partial charge is 0.0702 e. The lowest BCUT2D eigenvalue weighted by atomic mass is 10.1. The Kier molecular flexibility index (Phi) is 4.08. The summed E-state index contributed by atoms with van der Waals surface area (Å²) in [6.45, 7) is 5.09. The van der Waals surface area contributed by atoms with E-state index in [0.29, 0.717) is 6.10 Å². The van der Waals surface area contributed by atoms with Crippen LogP contribution < -0.4 is 0 Å². The van der Waals surface area contributed by atoms with Gasteiger partial charge in [0.25, 0.3) is 0 Å². The number of nitrogens with one attached hydrogen (secondary N) is 1. The van der Waals surface area contributed by atoms with E-state index in [2.05, 4.69) is 48.3 Å². The second-order valence-corrected chi connectivity index (χ2v) is 6.05. The van der Waals surface area contributed by atoms with Crippen LogP contribution in [-0.4, -0.2) is 36.2 Å². The summed E-state index contributed by atoms with van der Waals surface area (Å²) in [6.07, 6.45) is 6.30. The molecule has 2 heterocycles. The molecule has 1 aromatic heterocycles. The van der Waals surface area contributed by atoms with Gasteiger partial charge in [0.15, 0.2) is 0 Å². The van der Waals surface area contributed by atoms with Crippen molar-refractivity contribution in [3.8, 4) is 0 Å². The molecule has 1 fully saturated rings. The minimum absolute atomic E-state index is 0.417. The maximum absolute atomic E-state index is 5.82. The monoisotopic (exact) mass is 272 g/mol. The zero-order valence-corrected chi connectivity index (χ0v) is 12.5. The van der Waals surface area contributed by atoms with Crippen molar-refractivity contribution >= 4 is 10.9 Å². The molecule has 1 aliphatic heterocycles. The molecule has 0 bridgehead atoms. The third-order valence-electron chi connectivity index (χ3n) is 4.15. The number of ether oxygens (including phenoxy) is 1. The van der Waals surface area contributed by atoms with Crippen molar-refractivity contribution in [2.24, 2.45) is 0 Å². The summed E-state index contributed by atoms with van der Waals surface area (Å²) in [6, 6.07) is 6.59. The van der Waals surface area contributed by atoms with Crippen LogP contribution in [0.25, 0.3) is 10.9 Å². The van der Waals surface area contributed by atoms with Gasteiger partial charge in [0.1, 0.15) is 0 Å². The highest BCUT2D eigenvalue weighted by atomic mass is 16.5. The maximum atomic E-state index is 5.82. The molecule has 0 spiro atoms. The predicted molar refractivity (Wildman–Crippen MR) is 83.0 cm³/mol. The maximum Gasteiger partial charge on any atom is 0.0702 e. The largest absolute Gasteiger partial charge is 0.377 e. The molecule has 3 nitrogen and oxygen atoms in total. The SMILES string of the molecule is Cc1ccc2[nH]cc(CN(C)CC3CCCCO3)c2c1. The van der Waals surface area contributed by atoms with Gasteiger partial charge in [-0.25, -0.2) is 0 Å². The van der Waals surface area contributed by atoms with Crippen molar-refractivity contribution in [3.63, 3.8) is 0 Å². The van der Waals surface area contributed by atoms with Gasteiger partial charge in [0.2, 0.25) is 0 Å². The third kappa shape index (κ3) is 3.05. The molecular formula is C17H24N2O. The quantitative estimate of drug-likeness (QED) is 0.923. The lowest BCUT2D eigenvalue weighted by molar-refractivity contribution is -0.00253. The van der Waals surface area contributed by atoms with E-state index in [1.807, 2.05) is 0 Å². The van der Waals surface area contributed by atoms with E-state index >= 15 is 0 Å². The van der Waals surface area contributed by atoms with Gasteiger partial charge in [-0.05, 0) is 50.9 Å². The number of aryl methyl sites for hydroxylation is 1. The summed E-state index contributed by atoms with van der Waals surface area (Å²) in [5, 5.41) is 1.35. The van der Waals surface area contributed by atoms with Crippen LogP contribution in [0, 0.1) is 6.92 Å². The Labute approximate surface area is 120 Å². The van der Waals surface area contributed by atoms with Crippen LogP contribution in [0.2, 0.25) is 0 Å². The second-order valence-electron chi connectivity index (χ2n) is 6.05. The minimum Gasteiger partial charge on any atom is -0.377 e. The number of likely N-dealkylation sites (N-methyl/N-ethyl adjacent to an activating group) is 1. The van der Waals surface area contributed by atoms with Crippen LogP contribution in [0.15, 0.2) is 24.4 Å². The standard InChI is InChI=1S/C17H24N2O/c1-13-6-7-17-16(9-13)14(10-18-17)11-19(2)12-15-5-3-4-8-20-15/h6-7,9-10,15,18H,3-5,8,11-12H2,1-2H3. The predicted octanol–water partition coefficient (Wildman–Crippen LogP) is 3.48. The highest BCUT2D eigenvalue weighted by Gasteiger charge is 2.16.